The first-order valence-electron chi connectivity index (χ1n) is 6.34. The summed E-state index contributed by atoms with van der Waals surface area (Å²) in [5, 5.41) is 10.1. The Balaban J connectivity index is 1.83. The van der Waals surface area contributed by atoms with E-state index in [9.17, 15) is 5.11 Å². The third-order valence-electron chi connectivity index (χ3n) is 3.42. The first-order chi connectivity index (χ1) is 8.29. The number of aliphatic hydroxyl groups is 1. The van der Waals surface area contributed by atoms with Crippen molar-refractivity contribution in [1.82, 2.24) is 4.90 Å². The van der Waals surface area contributed by atoms with Gasteiger partial charge in [-0.25, -0.2) is 0 Å². The number of thioether (sulfide) groups is 1. The molecule has 1 aliphatic heterocycles. The fraction of sp³-hybridized carbons (Fsp3) is 0.571. The van der Waals surface area contributed by atoms with E-state index in [1.807, 2.05) is 12.1 Å². The number of aliphatic hydroxyl groups excluding tert-OH is 1. The molecule has 1 aliphatic rings. The van der Waals surface area contributed by atoms with Crippen LogP contribution >= 0.6 is 11.8 Å². The van der Waals surface area contributed by atoms with Crippen LogP contribution in [0.5, 0.6) is 0 Å². The summed E-state index contributed by atoms with van der Waals surface area (Å²) in [5.74, 6) is 0. The Kier molecular flexibility index (Phi) is 4.89. The van der Waals surface area contributed by atoms with E-state index < -0.39 is 0 Å². The molecule has 0 bridgehead atoms. The van der Waals surface area contributed by atoms with Gasteiger partial charge in [0.05, 0.1) is 6.10 Å². The fourth-order valence-electron chi connectivity index (χ4n) is 2.30. The molecule has 1 heterocycles. The first-order valence-corrected chi connectivity index (χ1v) is 7.56. The molecule has 0 amide bonds. The van der Waals surface area contributed by atoms with E-state index in [4.69, 9.17) is 0 Å². The van der Waals surface area contributed by atoms with Crippen LogP contribution in [0.25, 0.3) is 0 Å². The first kappa shape index (κ1) is 12.9. The largest absolute Gasteiger partial charge is 0.388 e. The van der Waals surface area contributed by atoms with Crippen molar-refractivity contribution < 1.29 is 5.11 Å². The molecule has 0 aliphatic carbocycles. The molecule has 1 aromatic carbocycles. The van der Waals surface area contributed by atoms with E-state index >= 15 is 0 Å². The zero-order valence-electron chi connectivity index (χ0n) is 10.4. The summed E-state index contributed by atoms with van der Waals surface area (Å²) >= 11 is 1.73. The number of hydrogen-bond donors (Lipinski definition) is 1. The van der Waals surface area contributed by atoms with Gasteiger partial charge in [0.25, 0.3) is 0 Å². The van der Waals surface area contributed by atoms with Crippen molar-refractivity contribution in [3.8, 4) is 0 Å². The minimum atomic E-state index is -0.313. The maximum absolute atomic E-state index is 10.1. The number of nitrogens with zero attached hydrogens (tertiary/aromatic N) is 1. The number of likely N-dealkylation sites (tertiary alicyclic amines) is 1. The van der Waals surface area contributed by atoms with Crippen LogP contribution in [-0.4, -0.2) is 35.9 Å². The van der Waals surface area contributed by atoms with Crippen LogP contribution in [-0.2, 0) is 0 Å². The highest BCUT2D eigenvalue weighted by Gasteiger charge is 2.14. The lowest BCUT2D eigenvalue weighted by Crippen LogP contribution is -2.22. The van der Waals surface area contributed by atoms with Crippen LogP contribution in [0.2, 0.25) is 0 Å². The predicted octanol–water partition coefficient (Wildman–Crippen LogP) is 2.93. The van der Waals surface area contributed by atoms with E-state index in [1.165, 1.54) is 30.8 Å². The van der Waals surface area contributed by atoms with Crippen LogP contribution < -0.4 is 0 Å². The summed E-state index contributed by atoms with van der Waals surface area (Å²) in [6.07, 6.45) is 5.24. The summed E-state index contributed by atoms with van der Waals surface area (Å²) in [5.41, 5.74) is 1.04. The molecular weight excluding hydrogens is 230 g/mol. The molecule has 2 rings (SSSR count). The van der Waals surface area contributed by atoms with Gasteiger partial charge in [0.1, 0.15) is 0 Å². The lowest BCUT2D eigenvalue weighted by molar-refractivity contribution is 0.149. The van der Waals surface area contributed by atoms with Gasteiger partial charge in [-0.1, -0.05) is 12.1 Å². The summed E-state index contributed by atoms with van der Waals surface area (Å²) in [6, 6.07) is 8.25. The summed E-state index contributed by atoms with van der Waals surface area (Å²) in [6.45, 7) is 3.43. The van der Waals surface area contributed by atoms with Crippen LogP contribution in [0.15, 0.2) is 29.2 Å². The van der Waals surface area contributed by atoms with Crippen molar-refractivity contribution in [2.45, 2.75) is 30.3 Å². The van der Waals surface area contributed by atoms with Crippen molar-refractivity contribution in [3.05, 3.63) is 29.8 Å². The SMILES string of the molecule is CSc1ccc(C(O)CCN2CCCC2)cc1. The van der Waals surface area contributed by atoms with Crippen LogP contribution in [0.4, 0.5) is 0 Å². The summed E-state index contributed by atoms with van der Waals surface area (Å²) in [7, 11) is 0. The average Bonchev–Trinajstić information content (AvgIpc) is 2.89. The topological polar surface area (TPSA) is 23.5 Å². The van der Waals surface area contributed by atoms with Gasteiger partial charge in [0.15, 0.2) is 0 Å². The minimum Gasteiger partial charge on any atom is -0.388 e. The molecule has 1 N–H and O–H groups in total. The molecule has 0 aromatic heterocycles. The van der Waals surface area contributed by atoms with E-state index in [1.54, 1.807) is 11.8 Å². The Morgan fingerprint density at radius 2 is 1.88 bits per heavy atom. The van der Waals surface area contributed by atoms with E-state index in [0.717, 1.165) is 18.5 Å². The van der Waals surface area contributed by atoms with Crippen molar-refractivity contribution >= 4 is 11.8 Å². The highest BCUT2D eigenvalue weighted by molar-refractivity contribution is 7.98. The van der Waals surface area contributed by atoms with Crippen molar-refractivity contribution in [3.63, 3.8) is 0 Å². The molecule has 3 heteroatoms. The predicted molar refractivity (Wildman–Crippen MR) is 73.5 cm³/mol. The van der Waals surface area contributed by atoms with Gasteiger partial charge in [-0.15, -0.1) is 11.8 Å². The van der Waals surface area contributed by atoms with Gasteiger partial charge < -0.3 is 10.0 Å². The van der Waals surface area contributed by atoms with Crippen LogP contribution in [0.1, 0.15) is 30.9 Å². The lowest BCUT2D eigenvalue weighted by atomic mass is 10.1. The molecule has 0 radical (unpaired) electrons. The molecular formula is C14H21NOS. The fourth-order valence-corrected chi connectivity index (χ4v) is 2.71. The van der Waals surface area contributed by atoms with Crippen molar-refractivity contribution in [2.75, 3.05) is 25.9 Å². The van der Waals surface area contributed by atoms with Crippen molar-refractivity contribution in [2.24, 2.45) is 0 Å². The van der Waals surface area contributed by atoms with Crippen LogP contribution in [0.3, 0.4) is 0 Å². The van der Waals surface area contributed by atoms with E-state index in [0.29, 0.717) is 0 Å². The monoisotopic (exact) mass is 251 g/mol. The Labute approximate surface area is 108 Å². The lowest BCUT2D eigenvalue weighted by Gasteiger charge is -2.17. The summed E-state index contributed by atoms with van der Waals surface area (Å²) < 4.78 is 0. The highest BCUT2D eigenvalue weighted by Crippen LogP contribution is 2.21. The zero-order valence-corrected chi connectivity index (χ0v) is 11.2. The molecule has 1 fully saturated rings. The molecule has 0 saturated carbocycles. The normalized spacial score (nSPS) is 18.5. The zero-order chi connectivity index (χ0) is 12.1. The molecule has 94 valence electrons. The quantitative estimate of drug-likeness (QED) is 0.814. The molecule has 1 saturated heterocycles. The highest BCUT2D eigenvalue weighted by atomic mass is 32.2. The van der Waals surface area contributed by atoms with Crippen molar-refractivity contribution in [1.29, 1.82) is 0 Å². The van der Waals surface area contributed by atoms with E-state index in [-0.39, 0.29) is 6.10 Å². The molecule has 1 atom stereocenters. The van der Waals surface area contributed by atoms with Gasteiger partial charge in [0, 0.05) is 11.4 Å². The number of rotatable bonds is 5. The standard InChI is InChI=1S/C14H21NOS/c1-17-13-6-4-12(5-7-13)14(16)8-11-15-9-2-3-10-15/h4-7,14,16H,2-3,8-11H2,1H3. The second-order valence-electron chi connectivity index (χ2n) is 4.63. The maximum Gasteiger partial charge on any atom is 0.0802 e. The number of hydrogen-bond acceptors (Lipinski definition) is 3. The Morgan fingerprint density at radius 3 is 2.47 bits per heavy atom. The Bertz CT molecular complexity index is 333. The third kappa shape index (κ3) is 3.73. The molecule has 1 aromatic rings. The maximum atomic E-state index is 10.1. The second kappa shape index (κ2) is 6.43. The van der Waals surface area contributed by atoms with Gasteiger partial charge in [-0.3, -0.25) is 0 Å². The van der Waals surface area contributed by atoms with Crippen LogP contribution in [0, 0.1) is 0 Å². The second-order valence-corrected chi connectivity index (χ2v) is 5.51. The van der Waals surface area contributed by atoms with Gasteiger partial charge >= 0.3 is 0 Å². The van der Waals surface area contributed by atoms with Gasteiger partial charge in [-0.05, 0) is 56.3 Å². The average molecular weight is 251 g/mol. The minimum absolute atomic E-state index is 0.313. The van der Waals surface area contributed by atoms with E-state index in [2.05, 4.69) is 23.3 Å². The molecule has 1 unspecified atom stereocenters. The Hall–Kier alpha value is -0.510. The third-order valence-corrected chi connectivity index (χ3v) is 4.16. The smallest absolute Gasteiger partial charge is 0.0802 e. The van der Waals surface area contributed by atoms with Gasteiger partial charge in [0.2, 0.25) is 0 Å². The van der Waals surface area contributed by atoms with Gasteiger partial charge in [-0.2, -0.15) is 0 Å². The number of benzene rings is 1. The summed E-state index contributed by atoms with van der Waals surface area (Å²) in [4.78, 5) is 3.69. The molecule has 17 heavy (non-hydrogen) atoms. The molecule has 0 spiro atoms. The Morgan fingerprint density at radius 1 is 1.24 bits per heavy atom. The molecule has 2 nitrogen and oxygen atoms in total.